The van der Waals surface area contributed by atoms with E-state index in [2.05, 4.69) is 11.7 Å². The van der Waals surface area contributed by atoms with E-state index in [0.717, 1.165) is 19.3 Å². The third-order valence-corrected chi connectivity index (χ3v) is 3.46. The van der Waals surface area contributed by atoms with Crippen LogP contribution in [0.3, 0.4) is 0 Å². The number of alkyl halides is 2. The SMILES string of the molecule is CCCCN(C(=O)c1ccc(OC(F)F)cc1)C(C)CC. The summed E-state index contributed by atoms with van der Waals surface area (Å²) in [4.78, 5) is 14.4. The van der Waals surface area contributed by atoms with Crippen molar-refractivity contribution >= 4 is 5.91 Å². The molecule has 0 heterocycles. The van der Waals surface area contributed by atoms with E-state index < -0.39 is 6.61 Å². The van der Waals surface area contributed by atoms with Gasteiger partial charge in [0.2, 0.25) is 0 Å². The molecular weight excluding hydrogens is 276 g/mol. The quantitative estimate of drug-likeness (QED) is 0.715. The maximum absolute atomic E-state index is 12.5. The van der Waals surface area contributed by atoms with E-state index in [9.17, 15) is 13.6 Å². The van der Waals surface area contributed by atoms with Crippen molar-refractivity contribution < 1.29 is 18.3 Å². The Labute approximate surface area is 124 Å². The molecule has 0 aliphatic carbocycles. The van der Waals surface area contributed by atoms with Gasteiger partial charge in [-0.3, -0.25) is 4.79 Å². The van der Waals surface area contributed by atoms with E-state index in [1.54, 1.807) is 0 Å². The molecule has 0 bridgehead atoms. The van der Waals surface area contributed by atoms with Crippen LogP contribution in [-0.2, 0) is 0 Å². The smallest absolute Gasteiger partial charge is 0.387 e. The minimum Gasteiger partial charge on any atom is -0.435 e. The van der Waals surface area contributed by atoms with Crippen molar-refractivity contribution in [2.75, 3.05) is 6.54 Å². The molecule has 0 spiro atoms. The Morgan fingerprint density at radius 3 is 2.33 bits per heavy atom. The molecule has 1 amide bonds. The van der Waals surface area contributed by atoms with Gasteiger partial charge in [0.15, 0.2) is 0 Å². The van der Waals surface area contributed by atoms with Crippen LogP contribution in [0.1, 0.15) is 50.4 Å². The fraction of sp³-hybridized carbons (Fsp3) is 0.562. The Kier molecular flexibility index (Phi) is 7.12. The molecule has 0 aromatic heterocycles. The summed E-state index contributed by atoms with van der Waals surface area (Å²) in [5.74, 6) is -0.00778. The van der Waals surface area contributed by atoms with Crippen LogP contribution in [-0.4, -0.2) is 30.0 Å². The maximum Gasteiger partial charge on any atom is 0.387 e. The second-order valence-corrected chi connectivity index (χ2v) is 5.01. The van der Waals surface area contributed by atoms with Crippen LogP contribution in [0.25, 0.3) is 0 Å². The van der Waals surface area contributed by atoms with Gasteiger partial charge in [-0.2, -0.15) is 8.78 Å². The predicted octanol–water partition coefficient (Wildman–Crippen LogP) is 4.33. The van der Waals surface area contributed by atoms with E-state index in [1.165, 1.54) is 24.3 Å². The van der Waals surface area contributed by atoms with Gasteiger partial charge in [0, 0.05) is 18.2 Å². The zero-order valence-corrected chi connectivity index (χ0v) is 12.8. The number of hydrogen-bond acceptors (Lipinski definition) is 2. The molecule has 1 aromatic carbocycles. The molecule has 3 nitrogen and oxygen atoms in total. The Bertz CT molecular complexity index is 434. The van der Waals surface area contributed by atoms with Gasteiger partial charge in [0.05, 0.1) is 0 Å². The highest BCUT2D eigenvalue weighted by Gasteiger charge is 2.20. The third kappa shape index (κ3) is 5.33. The third-order valence-electron chi connectivity index (χ3n) is 3.46. The monoisotopic (exact) mass is 299 g/mol. The lowest BCUT2D eigenvalue weighted by molar-refractivity contribution is -0.0498. The number of halogens is 2. The molecule has 0 saturated carbocycles. The van der Waals surface area contributed by atoms with Gasteiger partial charge in [-0.25, -0.2) is 0 Å². The molecule has 0 aliphatic heterocycles. The lowest BCUT2D eigenvalue weighted by Crippen LogP contribution is -2.39. The molecule has 1 aromatic rings. The standard InChI is InChI=1S/C16H23F2NO2/c1-4-6-11-19(12(3)5-2)15(20)13-7-9-14(10-8-13)21-16(17)18/h7-10,12,16H,4-6,11H2,1-3H3. The Balaban J connectivity index is 2.82. The van der Waals surface area contributed by atoms with Crippen molar-refractivity contribution in [3.63, 3.8) is 0 Å². The number of unbranched alkanes of at least 4 members (excludes halogenated alkanes) is 1. The summed E-state index contributed by atoms with van der Waals surface area (Å²) >= 11 is 0. The van der Waals surface area contributed by atoms with Gasteiger partial charge in [-0.1, -0.05) is 20.3 Å². The highest BCUT2D eigenvalue weighted by molar-refractivity contribution is 5.94. The van der Waals surface area contributed by atoms with E-state index in [1.807, 2.05) is 18.7 Å². The average molecular weight is 299 g/mol. The molecule has 5 heteroatoms. The molecule has 1 atom stereocenters. The average Bonchev–Trinajstić information content (AvgIpc) is 2.47. The Morgan fingerprint density at radius 1 is 1.24 bits per heavy atom. The van der Waals surface area contributed by atoms with E-state index in [4.69, 9.17) is 0 Å². The van der Waals surface area contributed by atoms with Crippen molar-refractivity contribution in [1.82, 2.24) is 4.90 Å². The number of carbonyl (C=O) groups is 1. The summed E-state index contributed by atoms with van der Waals surface area (Å²) in [6.07, 6.45) is 2.84. The highest BCUT2D eigenvalue weighted by atomic mass is 19.3. The summed E-state index contributed by atoms with van der Waals surface area (Å²) in [6.45, 7) is 3.99. The lowest BCUT2D eigenvalue weighted by atomic mass is 10.1. The van der Waals surface area contributed by atoms with Crippen LogP contribution in [0.5, 0.6) is 5.75 Å². The van der Waals surface area contributed by atoms with Gasteiger partial charge in [0.25, 0.3) is 5.91 Å². The zero-order valence-electron chi connectivity index (χ0n) is 12.8. The molecule has 0 aliphatic rings. The summed E-state index contributed by atoms with van der Waals surface area (Å²) in [5, 5.41) is 0. The van der Waals surface area contributed by atoms with Crippen LogP contribution in [0.2, 0.25) is 0 Å². The Hall–Kier alpha value is -1.65. The molecule has 0 N–H and O–H groups in total. The second kappa shape index (κ2) is 8.60. The molecular formula is C16H23F2NO2. The second-order valence-electron chi connectivity index (χ2n) is 5.01. The summed E-state index contributed by atoms with van der Waals surface area (Å²) in [5.41, 5.74) is 0.494. The number of carbonyl (C=O) groups excluding carboxylic acids is 1. The number of nitrogens with zero attached hydrogens (tertiary/aromatic N) is 1. The molecule has 118 valence electrons. The van der Waals surface area contributed by atoms with Crippen LogP contribution >= 0.6 is 0 Å². The predicted molar refractivity (Wildman–Crippen MR) is 78.8 cm³/mol. The Morgan fingerprint density at radius 2 is 1.86 bits per heavy atom. The molecule has 0 fully saturated rings. The van der Waals surface area contributed by atoms with Gasteiger partial charge >= 0.3 is 6.61 Å². The van der Waals surface area contributed by atoms with Crippen LogP contribution < -0.4 is 4.74 Å². The number of hydrogen-bond donors (Lipinski definition) is 0. The summed E-state index contributed by atoms with van der Waals surface area (Å²) in [7, 11) is 0. The molecule has 1 unspecified atom stereocenters. The molecule has 0 radical (unpaired) electrons. The van der Waals surface area contributed by atoms with E-state index in [0.29, 0.717) is 12.1 Å². The first kappa shape index (κ1) is 17.4. The van der Waals surface area contributed by atoms with Crippen molar-refractivity contribution in [3.05, 3.63) is 29.8 Å². The maximum atomic E-state index is 12.5. The first-order valence-corrected chi connectivity index (χ1v) is 7.35. The first-order valence-electron chi connectivity index (χ1n) is 7.35. The largest absolute Gasteiger partial charge is 0.435 e. The normalized spacial score (nSPS) is 12.3. The van der Waals surface area contributed by atoms with E-state index in [-0.39, 0.29) is 17.7 Å². The van der Waals surface area contributed by atoms with Gasteiger partial charge in [-0.15, -0.1) is 0 Å². The fourth-order valence-corrected chi connectivity index (χ4v) is 2.02. The van der Waals surface area contributed by atoms with Crippen LogP contribution in [0.4, 0.5) is 8.78 Å². The van der Waals surface area contributed by atoms with Crippen molar-refractivity contribution in [2.45, 2.75) is 52.7 Å². The van der Waals surface area contributed by atoms with Gasteiger partial charge < -0.3 is 9.64 Å². The minimum atomic E-state index is -2.85. The molecule has 21 heavy (non-hydrogen) atoms. The van der Waals surface area contributed by atoms with Crippen molar-refractivity contribution in [2.24, 2.45) is 0 Å². The minimum absolute atomic E-state index is 0.0604. The number of benzene rings is 1. The van der Waals surface area contributed by atoms with Gasteiger partial charge in [0.1, 0.15) is 5.75 Å². The highest BCUT2D eigenvalue weighted by Crippen LogP contribution is 2.18. The molecule has 1 rings (SSSR count). The first-order chi connectivity index (χ1) is 9.99. The number of amides is 1. The summed E-state index contributed by atoms with van der Waals surface area (Å²) < 4.78 is 28.5. The van der Waals surface area contributed by atoms with Crippen LogP contribution in [0.15, 0.2) is 24.3 Å². The topological polar surface area (TPSA) is 29.5 Å². The number of ether oxygens (including phenoxy) is 1. The van der Waals surface area contributed by atoms with E-state index >= 15 is 0 Å². The molecule has 0 saturated heterocycles. The fourth-order valence-electron chi connectivity index (χ4n) is 2.02. The van der Waals surface area contributed by atoms with Crippen molar-refractivity contribution in [1.29, 1.82) is 0 Å². The summed E-state index contributed by atoms with van der Waals surface area (Å²) in [6, 6.07) is 6.01. The van der Waals surface area contributed by atoms with Crippen LogP contribution in [0, 0.1) is 0 Å². The number of rotatable bonds is 8. The van der Waals surface area contributed by atoms with Crippen molar-refractivity contribution in [3.8, 4) is 5.75 Å². The van der Waals surface area contributed by atoms with Gasteiger partial charge in [-0.05, 0) is 44.0 Å². The zero-order chi connectivity index (χ0) is 15.8. The lowest BCUT2D eigenvalue weighted by Gasteiger charge is -2.28.